The monoisotopic (exact) mass is 675 g/mol. The van der Waals surface area contributed by atoms with Crippen molar-refractivity contribution in [1.82, 2.24) is 15.0 Å². The van der Waals surface area contributed by atoms with Gasteiger partial charge in [-0.3, -0.25) is 0 Å². The molecule has 2 aromatic heterocycles. The zero-order valence-corrected chi connectivity index (χ0v) is 28.5. The molecule has 11 rings (SSSR count). The average Bonchev–Trinajstić information content (AvgIpc) is 3.79. The molecule has 8 aromatic carbocycles. The Hall–Kier alpha value is -7.17. The zero-order valence-electron chi connectivity index (χ0n) is 28.5. The topological polar surface area (TPSA) is 51.8 Å². The first kappa shape index (κ1) is 29.5. The molecule has 0 bridgehead atoms. The zero-order chi connectivity index (χ0) is 34.9. The molecule has 1 aliphatic carbocycles. The molecule has 246 valence electrons. The minimum absolute atomic E-state index is 0.593. The van der Waals surface area contributed by atoms with Crippen molar-refractivity contribution in [1.29, 1.82) is 0 Å². The second kappa shape index (κ2) is 11.7. The van der Waals surface area contributed by atoms with E-state index in [-0.39, 0.29) is 0 Å². The van der Waals surface area contributed by atoms with Crippen LogP contribution in [0.2, 0.25) is 0 Å². The van der Waals surface area contributed by atoms with Gasteiger partial charge in [0.2, 0.25) is 0 Å². The summed E-state index contributed by atoms with van der Waals surface area (Å²) in [6.45, 7) is 0. The normalized spacial score (nSPS) is 11.8. The summed E-state index contributed by atoms with van der Waals surface area (Å²) in [5.41, 5.74) is 13.8. The van der Waals surface area contributed by atoms with E-state index in [4.69, 9.17) is 19.4 Å². The predicted molar refractivity (Wildman–Crippen MR) is 216 cm³/mol. The van der Waals surface area contributed by atoms with Gasteiger partial charge in [-0.25, -0.2) is 15.0 Å². The highest BCUT2D eigenvalue weighted by Gasteiger charge is 2.25. The molecular formula is C49H29N3O. The highest BCUT2D eigenvalue weighted by molar-refractivity contribution is 6.19. The van der Waals surface area contributed by atoms with Gasteiger partial charge < -0.3 is 4.42 Å². The average molecular weight is 676 g/mol. The van der Waals surface area contributed by atoms with E-state index in [1.807, 2.05) is 36.4 Å². The van der Waals surface area contributed by atoms with Crippen molar-refractivity contribution < 1.29 is 4.42 Å². The molecule has 0 unspecified atom stereocenters. The van der Waals surface area contributed by atoms with Gasteiger partial charge in [0, 0.05) is 33.0 Å². The molecule has 4 heteroatoms. The Morgan fingerprint density at radius 2 is 0.774 bits per heavy atom. The van der Waals surface area contributed by atoms with Crippen LogP contribution in [0.3, 0.4) is 0 Å². The van der Waals surface area contributed by atoms with Crippen LogP contribution in [0.15, 0.2) is 180 Å². The molecule has 0 N–H and O–H groups in total. The molecule has 0 atom stereocenters. The summed E-state index contributed by atoms with van der Waals surface area (Å²) >= 11 is 0. The summed E-state index contributed by atoms with van der Waals surface area (Å²) in [4.78, 5) is 15.7. The SMILES string of the molecule is c1ccc(-c2nc(-c3ccccc3-c3ccc4c5c(cccc35)-c3ccccc3-4)nc(-c3ccc(-c4ccccc4)c4oc5ccccc5c34)n2)cc1. The molecule has 0 fully saturated rings. The molecule has 4 nitrogen and oxygen atoms in total. The van der Waals surface area contributed by atoms with Gasteiger partial charge in [-0.05, 0) is 67.9 Å². The Kier molecular flexibility index (Phi) is 6.52. The molecule has 53 heavy (non-hydrogen) atoms. The first-order chi connectivity index (χ1) is 26.3. The number of rotatable bonds is 5. The van der Waals surface area contributed by atoms with Gasteiger partial charge in [0.15, 0.2) is 17.5 Å². The van der Waals surface area contributed by atoms with Crippen LogP contribution in [0.25, 0.3) is 111 Å². The van der Waals surface area contributed by atoms with Gasteiger partial charge in [-0.1, -0.05) is 158 Å². The summed E-state index contributed by atoms with van der Waals surface area (Å²) in [6, 6.07) is 61.3. The number of furan rings is 1. The molecule has 1 aliphatic rings. The van der Waals surface area contributed by atoms with E-state index in [0.29, 0.717) is 17.5 Å². The number of hydrogen-bond acceptors (Lipinski definition) is 4. The van der Waals surface area contributed by atoms with E-state index < -0.39 is 0 Å². The fourth-order valence-electron chi connectivity index (χ4n) is 8.15. The van der Waals surface area contributed by atoms with E-state index in [0.717, 1.165) is 60.9 Å². The molecule has 10 aromatic rings. The number of hydrogen-bond donors (Lipinski definition) is 0. The summed E-state index contributed by atoms with van der Waals surface area (Å²) in [7, 11) is 0. The van der Waals surface area contributed by atoms with E-state index in [9.17, 15) is 0 Å². The molecule has 0 aliphatic heterocycles. The second-order valence-electron chi connectivity index (χ2n) is 13.5. The molecule has 0 saturated carbocycles. The van der Waals surface area contributed by atoms with Crippen LogP contribution in [-0.4, -0.2) is 15.0 Å². The Morgan fingerprint density at radius 3 is 1.53 bits per heavy atom. The minimum atomic E-state index is 0.593. The number of benzene rings is 8. The third-order valence-corrected chi connectivity index (χ3v) is 10.5. The summed E-state index contributed by atoms with van der Waals surface area (Å²) in [6.07, 6.45) is 0. The molecule has 0 amide bonds. The Bertz CT molecular complexity index is 3030. The van der Waals surface area contributed by atoms with Crippen molar-refractivity contribution >= 4 is 32.7 Å². The number of aromatic nitrogens is 3. The van der Waals surface area contributed by atoms with Crippen molar-refractivity contribution in [2.45, 2.75) is 0 Å². The van der Waals surface area contributed by atoms with E-state index in [1.54, 1.807) is 0 Å². The maximum Gasteiger partial charge on any atom is 0.164 e. The van der Waals surface area contributed by atoms with E-state index in [1.165, 1.54) is 33.0 Å². The van der Waals surface area contributed by atoms with Crippen molar-refractivity contribution in [3.05, 3.63) is 176 Å². The van der Waals surface area contributed by atoms with Gasteiger partial charge in [-0.2, -0.15) is 0 Å². The number of nitrogens with zero attached hydrogens (tertiary/aromatic N) is 3. The molecule has 0 radical (unpaired) electrons. The smallest absolute Gasteiger partial charge is 0.164 e. The van der Waals surface area contributed by atoms with Crippen molar-refractivity contribution in [3.63, 3.8) is 0 Å². The van der Waals surface area contributed by atoms with Crippen LogP contribution in [0, 0.1) is 0 Å². The van der Waals surface area contributed by atoms with Gasteiger partial charge in [-0.15, -0.1) is 0 Å². The number of fused-ring (bicyclic) bond motifs is 6. The van der Waals surface area contributed by atoms with Crippen molar-refractivity contribution in [2.75, 3.05) is 0 Å². The summed E-state index contributed by atoms with van der Waals surface area (Å²) in [5, 5.41) is 4.51. The first-order valence-electron chi connectivity index (χ1n) is 17.9. The quantitative estimate of drug-likeness (QED) is 0.182. The fraction of sp³-hybridized carbons (Fsp3) is 0. The van der Waals surface area contributed by atoms with Gasteiger partial charge >= 0.3 is 0 Å². The van der Waals surface area contributed by atoms with E-state index in [2.05, 4.69) is 140 Å². The largest absolute Gasteiger partial charge is 0.455 e. The molecular weight excluding hydrogens is 647 g/mol. The van der Waals surface area contributed by atoms with Crippen LogP contribution in [0.4, 0.5) is 0 Å². The number of para-hydroxylation sites is 1. The first-order valence-corrected chi connectivity index (χ1v) is 17.9. The van der Waals surface area contributed by atoms with Gasteiger partial charge in [0.25, 0.3) is 0 Å². The Balaban J connectivity index is 1.16. The Morgan fingerprint density at radius 1 is 0.283 bits per heavy atom. The van der Waals surface area contributed by atoms with Crippen LogP contribution in [0.5, 0.6) is 0 Å². The lowest BCUT2D eigenvalue weighted by Crippen LogP contribution is -2.01. The third-order valence-electron chi connectivity index (χ3n) is 10.5. The van der Waals surface area contributed by atoms with E-state index >= 15 is 0 Å². The molecule has 0 saturated heterocycles. The van der Waals surface area contributed by atoms with Crippen LogP contribution in [-0.2, 0) is 0 Å². The van der Waals surface area contributed by atoms with Gasteiger partial charge in [0.1, 0.15) is 11.2 Å². The lowest BCUT2D eigenvalue weighted by Gasteiger charge is -2.15. The maximum atomic E-state index is 6.62. The lowest BCUT2D eigenvalue weighted by molar-refractivity contribution is 0.670. The highest BCUT2D eigenvalue weighted by atomic mass is 16.3. The second-order valence-corrected chi connectivity index (χ2v) is 13.5. The third kappa shape index (κ3) is 4.59. The van der Waals surface area contributed by atoms with Crippen molar-refractivity contribution in [3.8, 4) is 78.7 Å². The standard InChI is InChI=1S/C49H29N3O/c1-3-14-30(15-4-1)32-26-29-42(45-41-22-11-12-25-43(41)53-46(32)45)49-51-47(31-16-5-2-6-17-31)50-48(52-49)40-21-10-9-20-35(40)36-27-28-39-34-19-8-7-18-33(34)37-23-13-24-38(36)44(37)39/h1-29H. The highest BCUT2D eigenvalue weighted by Crippen LogP contribution is 2.50. The maximum absolute atomic E-state index is 6.62. The predicted octanol–water partition coefficient (Wildman–Crippen LogP) is 12.9. The minimum Gasteiger partial charge on any atom is -0.455 e. The van der Waals surface area contributed by atoms with Crippen LogP contribution in [0.1, 0.15) is 0 Å². The fourth-order valence-corrected chi connectivity index (χ4v) is 8.15. The molecule has 2 heterocycles. The summed E-state index contributed by atoms with van der Waals surface area (Å²) in [5.74, 6) is 1.82. The lowest BCUT2D eigenvalue weighted by atomic mass is 9.91. The van der Waals surface area contributed by atoms with Crippen molar-refractivity contribution in [2.24, 2.45) is 0 Å². The summed E-state index contributed by atoms with van der Waals surface area (Å²) < 4.78 is 6.62. The Labute approximate surface area is 305 Å². The van der Waals surface area contributed by atoms with Crippen LogP contribution >= 0.6 is 0 Å². The van der Waals surface area contributed by atoms with Gasteiger partial charge in [0.05, 0.1) is 0 Å². The van der Waals surface area contributed by atoms with Crippen LogP contribution < -0.4 is 0 Å². The molecule has 0 spiro atoms.